The van der Waals surface area contributed by atoms with Crippen molar-refractivity contribution < 1.29 is 9.53 Å². The third-order valence-corrected chi connectivity index (χ3v) is 3.95. The molecule has 3 heteroatoms. The minimum absolute atomic E-state index is 0.0674. The van der Waals surface area contributed by atoms with Gasteiger partial charge in [-0.15, -0.1) is 11.3 Å². The number of hydrogen-bond donors (Lipinski definition) is 0. The lowest BCUT2D eigenvalue weighted by Gasteiger charge is -2.04. The summed E-state index contributed by atoms with van der Waals surface area (Å²) in [7, 11) is 0. The fraction of sp³-hybridized carbons (Fsp3) is 0.267. The van der Waals surface area contributed by atoms with Gasteiger partial charge >= 0.3 is 0 Å². The summed E-state index contributed by atoms with van der Waals surface area (Å²) in [5.41, 5.74) is 1.85. The number of ether oxygens (including phenoxy) is 1. The van der Waals surface area contributed by atoms with Gasteiger partial charge in [0.15, 0.2) is 0 Å². The normalized spacial score (nSPS) is 10.4. The van der Waals surface area contributed by atoms with Gasteiger partial charge in [-0.1, -0.05) is 12.1 Å². The number of aryl methyl sites for hydroxylation is 2. The molecule has 0 aliphatic carbocycles. The third kappa shape index (κ3) is 2.62. The molecule has 0 aliphatic rings. The third-order valence-electron chi connectivity index (χ3n) is 2.80. The van der Waals surface area contributed by atoms with Crippen LogP contribution in [0.4, 0.5) is 0 Å². The molecule has 0 fully saturated rings. The van der Waals surface area contributed by atoms with Crippen LogP contribution in [0, 0.1) is 13.8 Å². The molecular formula is C15H16O2S. The summed E-state index contributed by atoms with van der Waals surface area (Å²) in [5, 5.41) is 0. The van der Waals surface area contributed by atoms with E-state index in [1.54, 1.807) is 17.4 Å². The lowest BCUT2D eigenvalue weighted by atomic mass is 10.1. The standard InChI is InChI=1S/C15H16O2S/c1-4-17-13-7-5-6-12(9-13)15(16)14-8-10(2)11(3)18-14/h5-9H,4H2,1-3H3. The highest BCUT2D eigenvalue weighted by atomic mass is 32.1. The number of hydrogen-bond acceptors (Lipinski definition) is 3. The molecule has 2 rings (SSSR count). The maximum Gasteiger partial charge on any atom is 0.203 e. The second kappa shape index (κ2) is 5.36. The summed E-state index contributed by atoms with van der Waals surface area (Å²) in [6.07, 6.45) is 0. The van der Waals surface area contributed by atoms with Crippen LogP contribution in [0.3, 0.4) is 0 Å². The molecule has 0 amide bonds. The molecule has 0 radical (unpaired) electrons. The monoisotopic (exact) mass is 260 g/mol. The Balaban J connectivity index is 2.30. The summed E-state index contributed by atoms with van der Waals surface area (Å²) >= 11 is 1.55. The van der Waals surface area contributed by atoms with Crippen LogP contribution in [0.5, 0.6) is 5.75 Å². The van der Waals surface area contributed by atoms with E-state index in [1.165, 1.54) is 10.4 Å². The Labute approximate surface area is 111 Å². The SMILES string of the molecule is CCOc1cccc(C(=O)c2cc(C)c(C)s2)c1. The zero-order valence-electron chi connectivity index (χ0n) is 10.8. The largest absolute Gasteiger partial charge is 0.494 e. The van der Waals surface area contributed by atoms with Crippen molar-refractivity contribution in [1.82, 2.24) is 0 Å². The van der Waals surface area contributed by atoms with Crippen molar-refractivity contribution in [2.24, 2.45) is 0 Å². The van der Waals surface area contributed by atoms with E-state index < -0.39 is 0 Å². The fourth-order valence-corrected chi connectivity index (χ4v) is 2.72. The number of rotatable bonds is 4. The van der Waals surface area contributed by atoms with Crippen molar-refractivity contribution in [3.05, 3.63) is 51.2 Å². The van der Waals surface area contributed by atoms with Crippen LogP contribution >= 0.6 is 11.3 Å². The summed E-state index contributed by atoms with van der Waals surface area (Å²) < 4.78 is 5.41. The van der Waals surface area contributed by atoms with E-state index in [2.05, 4.69) is 0 Å². The molecule has 0 bridgehead atoms. The van der Waals surface area contributed by atoms with Gasteiger partial charge in [-0.25, -0.2) is 0 Å². The molecule has 1 heterocycles. The van der Waals surface area contributed by atoms with Gasteiger partial charge in [0.05, 0.1) is 11.5 Å². The number of carbonyl (C=O) groups is 1. The second-order valence-electron chi connectivity index (χ2n) is 4.14. The van der Waals surface area contributed by atoms with E-state index in [-0.39, 0.29) is 5.78 Å². The molecule has 1 aromatic heterocycles. The van der Waals surface area contributed by atoms with Crippen molar-refractivity contribution in [2.45, 2.75) is 20.8 Å². The Kier molecular flexibility index (Phi) is 3.82. The predicted octanol–water partition coefficient (Wildman–Crippen LogP) is 3.99. The summed E-state index contributed by atoms with van der Waals surface area (Å²) in [6, 6.07) is 9.30. The first-order valence-corrected chi connectivity index (χ1v) is 6.78. The molecule has 2 nitrogen and oxygen atoms in total. The highest BCUT2D eigenvalue weighted by molar-refractivity contribution is 7.14. The number of carbonyl (C=O) groups excluding carboxylic acids is 1. The molecule has 0 unspecified atom stereocenters. The quantitative estimate of drug-likeness (QED) is 0.777. The Morgan fingerprint density at radius 2 is 2.06 bits per heavy atom. The van der Waals surface area contributed by atoms with Gasteiger partial charge in [0.1, 0.15) is 5.75 Å². The zero-order chi connectivity index (χ0) is 13.1. The first-order chi connectivity index (χ1) is 8.61. The van der Waals surface area contributed by atoms with Crippen LogP contribution in [0.2, 0.25) is 0 Å². The molecule has 0 saturated heterocycles. The zero-order valence-corrected chi connectivity index (χ0v) is 11.6. The summed E-state index contributed by atoms with van der Waals surface area (Å²) in [6.45, 7) is 6.60. The van der Waals surface area contributed by atoms with Gasteiger partial charge in [-0.05, 0) is 44.5 Å². The molecule has 0 spiro atoms. The second-order valence-corrected chi connectivity index (χ2v) is 5.40. The topological polar surface area (TPSA) is 26.3 Å². The van der Waals surface area contributed by atoms with Crippen molar-refractivity contribution in [3.63, 3.8) is 0 Å². The van der Waals surface area contributed by atoms with Gasteiger partial charge in [0, 0.05) is 10.4 Å². The van der Waals surface area contributed by atoms with E-state index in [0.29, 0.717) is 12.2 Å². The maximum absolute atomic E-state index is 12.3. The maximum atomic E-state index is 12.3. The minimum Gasteiger partial charge on any atom is -0.494 e. The van der Waals surface area contributed by atoms with E-state index >= 15 is 0 Å². The molecule has 1 aromatic carbocycles. The van der Waals surface area contributed by atoms with Crippen molar-refractivity contribution >= 4 is 17.1 Å². The van der Waals surface area contributed by atoms with Crippen LogP contribution in [0.15, 0.2) is 30.3 Å². The highest BCUT2D eigenvalue weighted by Gasteiger charge is 2.13. The van der Waals surface area contributed by atoms with Crippen molar-refractivity contribution in [1.29, 1.82) is 0 Å². The summed E-state index contributed by atoms with van der Waals surface area (Å²) in [5.74, 6) is 0.811. The Morgan fingerprint density at radius 1 is 1.28 bits per heavy atom. The minimum atomic E-state index is 0.0674. The Morgan fingerprint density at radius 3 is 2.67 bits per heavy atom. The van der Waals surface area contributed by atoms with E-state index in [1.807, 2.05) is 45.0 Å². The van der Waals surface area contributed by atoms with Gasteiger partial charge in [0.2, 0.25) is 5.78 Å². The molecular weight excluding hydrogens is 244 g/mol. The van der Waals surface area contributed by atoms with Gasteiger partial charge in [-0.3, -0.25) is 4.79 Å². The summed E-state index contributed by atoms with van der Waals surface area (Å²) in [4.78, 5) is 14.3. The van der Waals surface area contributed by atoms with E-state index in [9.17, 15) is 4.79 Å². The lowest BCUT2D eigenvalue weighted by Crippen LogP contribution is -1.99. The average Bonchev–Trinajstić information content (AvgIpc) is 2.69. The molecule has 94 valence electrons. The first-order valence-electron chi connectivity index (χ1n) is 5.96. The van der Waals surface area contributed by atoms with Gasteiger partial charge in [0.25, 0.3) is 0 Å². The predicted molar refractivity (Wildman–Crippen MR) is 74.8 cm³/mol. The first kappa shape index (κ1) is 12.8. The van der Waals surface area contributed by atoms with Gasteiger partial charge in [-0.2, -0.15) is 0 Å². The molecule has 0 atom stereocenters. The molecule has 0 aliphatic heterocycles. The average molecular weight is 260 g/mol. The van der Waals surface area contributed by atoms with Gasteiger partial charge < -0.3 is 4.74 Å². The van der Waals surface area contributed by atoms with Crippen LogP contribution in [0.25, 0.3) is 0 Å². The van der Waals surface area contributed by atoms with Crippen molar-refractivity contribution in [2.75, 3.05) is 6.61 Å². The molecule has 18 heavy (non-hydrogen) atoms. The van der Waals surface area contributed by atoms with Crippen LogP contribution in [0.1, 0.15) is 32.6 Å². The lowest BCUT2D eigenvalue weighted by molar-refractivity contribution is 0.104. The van der Waals surface area contributed by atoms with Crippen LogP contribution in [-0.4, -0.2) is 12.4 Å². The van der Waals surface area contributed by atoms with Crippen molar-refractivity contribution in [3.8, 4) is 5.75 Å². The van der Waals surface area contributed by atoms with Crippen LogP contribution in [-0.2, 0) is 0 Å². The molecule has 2 aromatic rings. The number of thiophene rings is 1. The molecule has 0 N–H and O–H groups in total. The Hall–Kier alpha value is -1.61. The smallest absolute Gasteiger partial charge is 0.203 e. The number of benzene rings is 1. The van der Waals surface area contributed by atoms with Crippen LogP contribution < -0.4 is 4.74 Å². The fourth-order valence-electron chi connectivity index (χ4n) is 1.72. The highest BCUT2D eigenvalue weighted by Crippen LogP contribution is 2.24. The molecule has 0 saturated carbocycles. The van der Waals surface area contributed by atoms with E-state index in [4.69, 9.17) is 4.74 Å². The Bertz CT molecular complexity index is 550. The van der Waals surface area contributed by atoms with E-state index in [0.717, 1.165) is 10.6 Å². The number of ketones is 1.